The van der Waals surface area contributed by atoms with Crippen LogP contribution in [0.2, 0.25) is 5.02 Å². The lowest BCUT2D eigenvalue weighted by Crippen LogP contribution is -2.42. The number of hydrazone groups is 1. The SMILES string of the molecule is Cc1ccc([C@@H]2[C@H](NC(=O)c3cccc(C)c3)C(=O)N/[N+]2=C\c2ccc(Cl)cc2)cc1. The van der Waals surface area contributed by atoms with Crippen molar-refractivity contribution in [2.24, 2.45) is 0 Å². The Morgan fingerprint density at radius 1 is 1.00 bits per heavy atom. The number of nitrogens with zero attached hydrogens (tertiary/aromatic N) is 1. The number of hydrogen-bond donors (Lipinski definition) is 2. The summed E-state index contributed by atoms with van der Waals surface area (Å²) in [6.07, 6.45) is 1.84. The molecular formula is C25H23ClN3O2+. The number of nitrogens with one attached hydrogen (secondary N) is 2. The second-order valence-corrected chi connectivity index (χ2v) is 8.18. The standard InChI is InChI=1S/C25H22ClN3O2/c1-16-6-10-19(11-7-16)23-22(27-24(30)20-5-3-4-17(2)14-20)25(31)28-29(23)15-18-8-12-21(26)13-9-18/h3-15,22-23H,1-2H3,(H-,27,28,30,31)/p+1/b29-15-/t22-,23+/m0/s1. The van der Waals surface area contributed by atoms with Crippen molar-refractivity contribution in [3.05, 3.63) is 106 Å². The van der Waals surface area contributed by atoms with E-state index < -0.39 is 12.1 Å². The topological polar surface area (TPSA) is 61.2 Å². The van der Waals surface area contributed by atoms with E-state index in [0.717, 1.165) is 22.3 Å². The molecule has 2 atom stereocenters. The van der Waals surface area contributed by atoms with Crippen LogP contribution in [0.1, 0.15) is 38.7 Å². The average molecular weight is 433 g/mol. The molecule has 0 saturated carbocycles. The molecule has 3 aromatic rings. The lowest BCUT2D eigenvalue weighted by molar-refractivity contribution is -0.596. The lowest BCUT2D eigenvalue weighted by Gasteiger charge is -2.15. The summed E-state index contributed by atoms with van der Waals surface area (Å²) < 4.78 is 1.75. The molecule has 5 nitrogen and oxygen atoms in total. The molecule has 0 aliphatic carbocycles. The van der Waals surface area contributed by atoms with Crippen LogP contribution in [0.5, 0.6) is 0 Å². The molecule has 0 unspecified atom stereocenters. The molecule has 2 amide bonds. The van der Waals surface area contributed by atoms with Crippen molar-refractivity contribution in [3.63, 3.8) is 0 Å². The van der Waals surface area contributed by atoms with Crippen molar-refractivity contribution in [2.45, 2.75) is 25.9 Å². The van der Waals surface area contributed by atoms with E-state index in [-0.39, 0.29) is 11.8 Å². The number of hydrogen-bond acceptors (Lipinski definition) is 2. The molecule has 1 saturated heterocycles. The Balaban J connectivity index is 1.70. The average Bonchev–Trinajstić information content (AvgIpc) is 3.05. The van der Waals surface area contributed by atoms with Crippen molar-refractivity contribution >= 4 is 29.6 Å². The fraction of sp³-hybridized carbons (Fsp3) is 0.160. The van der Waals surface area contributed by atoms with Gasteiger partial charge in [-0.2, -0.15) is 0 Å². The van der Waals surface area contributed by atoms with E-state index >= 15 is 0 Å². The van der Waals surface area contributed by atoms with Gasteiger partial charge in [0.25, 0.3) is 5.91 Å². The summed E-state index contributed by atoms with van der Waals surface area (Å²) in [7, 11) is 0. The van der Waals surface area contributed by atoms with Crippen LogP contribution in [0.3, 0.4) is 0 Å². The number of rotatable bonds is 4. The molecule has 0 aromatic heterocycles. The number of carbonyl (C=O) groups is 2. The van der Waals surface area contributed by atoms with Crippen molar-refractivity contribution in [1.82, 2.24) is 10.7 Å². The molecule has 0 radical (unpaired) electrons. The summed E-state index contributed by atoms with van der Waals surface area (Å²) in [5.74, 6) is -0.550. The zero-order valence-electron chi connectivity index (χ0n) is 17.3. The summed E-state index contributed by atoms with van der Waals surface area (Å²) in [6, 6.07) is 21.4. The number of hydrazine groups is 1. The van der Waals surface area contributed by atoms with Gasteiger partial charge in [-0.3, -0.25) is 9.59 Å². The van der Waals surface area contributed by atoms with Crippen molar-refractivity contribution in [2.75, 3.05) is 0 Å². The van der Waals surface area contributed by atoms with Gasteiger partial charge in [-0.15, -0.1) is 10.1 Å². The highest BCUT2D eigenvalue weighted by Crippen LogP contribution is 2.26. The zero-order valence-corrected chi connectivity index (χ0v) is 18.1. The quantitative estimate of drug-likeness (QED) is 0.613. The Hall–Kier alpha value is -3.44. The summed E-state index contributed by atoms with van der Waals surface area (Å²) in [5, 5.41) is 3.57. The van der Waals surface area contributed by atoms with Gasteiger partial charge in [0, 0.05) is 21.7 Å². The molecule has 0 bridgehead atoms. The predicted octanol–water partition coefficient (Wildman–Crippen LogP) is 3.97. The van der Waals surface area contributed by atoms with E-state index in [1.165, 1.54) is 0 Å². The predicted molar refractivity (Wildman–Crippen MR) is 121 cm³/mol. The molecule has 31 heavy (non-hydrogen) atoms. The van der Waals surface area contributed by atoms with Gasteiger partial charge in [0.2, 0.25) is 12.3 Å². The Bertz CT molecular complexity index is 1150. The van der Waals surface area contributed by atoms with Gasteiger partial charge in [0.1, 0.15) is 0 Å². The van der Waals surface area contributed by atoms with Crippen LogP contribution >= 0.6 is 11.6 Å². The van der Waals surface area contributed by atoms with Crippen LogP contribution < -0.4 is 10.7 Å². The van der Waals surface area contributed by atoms with E-state index in [2.05, 4.69) is 10.7 Å². The van der Waals surface area contributed by atoms with E-state index in [0.29, 0.717) is 10.6 Å². The maximum absolute atomic E-state index is 12.9. The molecule has 1 fully saturated rings. The van der Waals surface area contributed by atoms with Crippen LogP contribution in [0.4, 0.5) is 0 Å². The minimum atomic E-state index is -0.751. The van der Waals surface area contributed by atoms with Crippen LogP contribution in [-0.2, 0) is 4.79 Å². The van der Waals surface area contributed by atoms with Crippen molar-refractivity contribution < 1.29 is 14.3 Å². The monoisotopic (exact) mass is 432 g/mol. The van der Waals surface area contributed by atoms with Gasteiger partial charge in [0.15, 0.2) is 6.04 Å². The summed E-state index contributed by atoms with van der Waals surface area (Å²) >= 11 is 6.00. The minimum absolute atomic E-state index is 0.267. The number of aryl methyl sites for hydroxylation is 2. The summed E-state index contributed by atoms with van der Waals surface area (Å²) in [5.41, 5.74) is 7.32. The number of carbonyl (C=O) groups excluding carboxylic acids is 2. The van der Waals surface area contributed by atoms with Gasteiger partial charge >= 0.3 is 5.91 Å². The zero-order chi connectivity index (χ0) is 22.0. The summed E-state index contributed by atoms with van der Waals surface area (Å²) in [6.45, 7) is 3.94. The van der Waals surface area contributed by atoms with Gasteiger partial charge in [-0.1, -0.05) is 59.1 Å². The molecule has 6 heteroatoms. The highest BCUT2D eigenvalue weighted by molar-refractivity contribution is 6.30. The Morgan fingerprint density at radius 3 is 2.39 bits per heavy atom. The second-order valence-electron chi connectivity index (χ2n) is 7.74. The molecule has 156 valence electrons. The Morgan fingerprint density at radius 2 is 1.71 bits per heavy atom. The second kappa shape index (κ2) is 8.74. The summed E-state index contributed by atoms with van der Waals surface area (Å²) in [4.78, 5) is 25.8. The number of halogens is 1. The first kappa shape index (κ1) is 20.8. The van der Waals surface area contributed by atoms with E-state index in [1.807, 2.05) is 68.6 Å². The van der Waals surface area contributed by atoms with E-state index in [1.54, 1.807) is 28.9 Å². The fourth-order valence-electron chi connectivity index (χ4n) is 3.66. The normalized spacial score (nSPS) is 19.3. The van der Waals surface area contributed by atoms with E-state index in [4.69, 9.17) is 11.6 Å². The maximum Gasteiger partial charge on any atom is 0.304 e. The van der Waals surface area contributed by atoms with Crippen molar-refractivity contribution in [1.29, 1.82) is 0 Å². The fourth-order valence-corrected chi connectivity index (χ4v) is 3.79. The first-order chi connectivity index (χ1) is 14.9. The van der Waals surface area contributed by atoms with Crippen LogP contribution in [0, 0.1) is 13.8 Å². The van der Waals surface area contributed by atoms with Crippen LogP contribution in [-0.4, -0.2) is 28.8 Å². The van der Waals surface area contributed by atoms with Gasteiger partial charge in [-0.25, -0.2) is 0 Å². The van der Waals surface area contributed by atoms with Gasteiger partial charge in [-0.05, 0) is 50.2 Å². The number of amides is 2. The molecule has 4 rings (SSSR count). The third-order valence-electron chi connectivity index (χ3n) is 5.28. The Labute approximate surface area is 186 Å². The van der Waals surface area contributed by atoms with Gasteiger partial charge < -0.3 is 5.32 Å². The van der Waals surface area contributed by atoms with Crippen molar-refractivity contribution in [3.8, 4) is 0 Å². The Kier molecular flexibility index (Phi) is 5.87. The first-order valence-electron chi connectivity index (χ1n) is 10.0. The molecule has 2 N–H and O–H groups in total. The maximum atomic E-state index is 12.9. The first-order valence-corrected chi connectivity index (χ1v) is 10.4. The number of benzene rings is 3. The molecule has 0 spiro atoms. The van der Waals surface area contributed by atoms with Crippen LogP contribution in [0.25, 0.3) is 0 Å². The lowest BCUT2D eigenvalue weighted by atomic mass is 9.98. The largest absolute Gasteiger partial charge is 0.334 e. The van der Waals surface area contributed by atoms with E-state index in [9.17, 15) is 9.59 Å². The highest BCUT2D eigenvalue weighted by Gasteiger charge is 2.47. The third kappa shape index (κ3) is 4.67. The van der Waals surface area contributed by atoms with Crippen LogP contribution in [0.15, 0.2) is 72.8 Å². The van der Waals surface area contributed by atoms with Gasteiger partial charge in [0.05, 0.1) is 0 Å². The molecular weight excluding hydrogens is 410 g/mol. The molecule has 1 aliphatic rings. The molecule has 1 aliphatic heterocycles. The molecule has 3 aromatic carbocycles. The third-order valence-corrected chi connectivity index (χ3v) is 5.53. The minimum Gasteiger partial charge on any atom is -0.334 e. The smallest absolute Gasteiger partial charge is 0.304 e. The highest BCUT2D eigenvalue weighted by atomic mass is 35.5. The molecule has 1 heterocycles.